The van der Waals surface area contributed by atoms with Crippen LogP contribution in [0.15, 0.2) is 5.38 Å². The van der Waals surface area contributed by atoms with Crippen LogP contribution < -0.4 is 10.6 Å². The number of thiophene rings is 1. The zero-order valence-corrected chi connectivity index (χ0v) is 18.2. The topological polar surface area (TPSA) is 111 Å². The first-order valence-electron chi connectivity index (χ1n) is 9.57. The van der Waals surface area contributed by atoms with Crippen LogP contribution in [0.5, 0.6) is 0 Å². The molecule has 0 aliphatic carbocycles. The Morgan fingerprint density at radius 3 is 2.66 bits per heavy atom. The number of aromatic nitrogens is 2. The molecule has 2 aromatic heterocycles. The number of hydrogen-bond donors (Lipinski definition) is 1. The number of rotatable bonds is 3. The smallest absolute Gasteiger partial charge is 0.410 e. The first-order valence-corrected chi connectivity index (χ1v) is 10.4. The average Bonchev–Trinajstić information content (AvgIpc) is 3.03. The number of carbonyl (C=O) groups is 2. The van der Waals surface area contributed by atoms with Gasteiger partial charge in [0, 0.05) is 31.1 Å². The predicted molar refractivity (Wildman–Crippen MR) is 112 cm³/mol. The molecule has 1 fully saturated rings. The molecular formula is C19H27N5O4S. The van der Waals surface area contributed by atoms with E-state index in [1.54, 1.807) is 17.2 Å². The fraction of sp³-hybridized carbons (Fsp3) is 0.579. The van der Waals surface area contributed by atoms with Gasteiger partial charge < -0.3 is 25.0 Å². The highest BCUT2D eigenvalue weighted by Crippen LogP contribution is 2.35. The first-order chi connectivity index (χ1) is 13.6. The van der Waals surface area contributed by atoms with Crippen molar-refractivity contribution in [2.75, 3.05) is 36.9 Å². The number of amides is 1. The van der Waals surface area contributed by atoms with Gasteiger partial charge in [-0.1, -0.05) is 0 Å². The SMILES string of the molecule is CCOC(=O)c1csc2nc(N)nc(N3CCN(C(=O)OC(C)(C)C)CC3C)c12. The maximum Gasteiger partial charge on any atom is 0.410 e. The van der Waals surface area contributed by atoms with E-state index >= 15 is 0 Å². The van der Waals surface area contributed by atoms with Gasteiger partial charge in [0.05, 0.1) is 17.6 Å². The van der Waals surface area contributed by atoms with Gasteiger partial charge in [-0.15, -0.1) is 11.3 Å². The van der Waals surface area contributed by atoms with Gasteiger partial charge in [-0.25, -0.2) is 14.6 Å². The Morgan fingerprint density at radius 2 is 2.03 bits per heavy atom. The number of ether oxygens (including phenoxy) is 2. The van der Waals surface area contributed by atoms with Gasteiger partial charge in [0.25, 0.3) is 0 Å². The van der Waals surface area contributed by atoms with Gasteiger partial charge in [-0.3, -0.25) is 0 Å². The second kappa shape index (κ2) is 8.02. The molecule has 1 aliphatic rings. The van der Waals surface area contributed by atoms with E-state index in [9.17, 15) is 9.59 Å². The maximum atomic E-state index is 12.4. The summed E-state index contributed by atoms with van der Waals surface area (Å²) in [5.41, 5.74) is 5.81. The number of nitrogens with zero attached hydrogens (tertiary/aromatic N) is 4. The molecule has 9 nitrogen and oxygen atoms in total. The van der Waals surface area contributed by atoms with E-state index in [0.717, 1.165) is 0 Å². The summed E-state index contributed by atoms with van der Waals surface area (Å²) >= 11 is 1.33. The lowest BCUT2D eigenvalue weighted by atomic mass is 10.1. The van der Waals surface area contributed by atoms with Crippen LogP contribution in [0.25, 0.3) is 10.2 Å². The van der Waals surface area contributed by atoms with Crippen LogP contribution in [0.1, 0.15) is 45.0 Å². The maximum absolute atomic E-state index is 12.4. The summed E-state index contributed by atoms with van der Waals surface area (Å²) in [5.74, 6) is 0.327. The Morgan fingerprint density at radius 1 is 1.31 bits per heavy atom. The summed E-state index contributed by atoms with van der Waals surface area (Å²) in [5, 5.41) is 2.36. The van der Waals surface area contributed by atoms with Gasteiger partial charge in [0.1, 0.15) is 16.2 Å². The highest BCUT2D eigenvalue weighted by atomic mass is 32.1. The van der Waals surface area contributed by atoms with E-state index in [-0.39, 0.29) is 24.7 Å². The monoisotopic (exact) mass is 421 g/mol. The number of anilines is 2. The molecule has 1 atom stereocenters. The Hall–Kier alpha value is -2.62. The molecule has 10 heteroatoms. The van der Waals surface area contributed by atoms with E-state index < -0.39 is 11.6 Å². The molecule has 2 N–H and O–H groups in total. The summed E-state index contributed by atoms with van der Waals surface area (Å²) in [4.78, 5) is 37.9. The van der Waals surface area contributed by atoms with Crippen LogP contribution in [0.2, 0.25) is 0 Å². The number of nitrogens with two attached hydrogens (primary N) is 1. The minimum Gasteiger partial charge on any atom is -0.462 e. The standard InChI is InChI=1S/C19H27N5O4S/c1-6-27-16(25)12-10-29-15-13(12)14(21-17(20)22-15)24-8-7-23(9-11(24)2)18(26)28-19(3,4)5/h10-11H,6-9H2,1-5H3,(H2,20,21,22). The average molecular weight is 422 g/mol. The third-order valence-corrected chi connectivity index (χ3v) is 5.35. The number of carbonyl (C=O) groups excluding carboxylic acids is 2. The van der Waals surface area contributed by atoms with E-state index in [0.29, 0.717) is 41.2 Å². The normalized spacial score (nSPS) is 17.5. The molecule has 158 valence electrons. The van der Waals surface area contributed by atoms with Crippen molar-refractivity contribution in [3.8, 4) is 0 Å². The molecule has 0 bridgehead atoms. The van der Waals surface area contributed by atoms with Gasteiger partial charge in [0.15, 0.2) is 0 Å². The second-order valence-electron chi connectivity index (χ2n) is 7.92. The number of fused-ring (bicyclic) bond motifs is 1. The van der Waals surface area contributed by atoms with Crippen LogP contribution in [-0.4, -0.2) is 64.8 Å². The Kier molecular flexibility index (Phi) is 5.83. The number of piperazine rings is 1. The van der Waals surface area contributed by atoms with Crippen LogP contribution in [0, 0.1) is 0 Å². The van der Waals surface area contributed by atoms with Crippen molar-refractivity contribution in [3.05, 3.63) is 10.9 Å². The summed E-state index contributed by atoms with van der Waals surface area (Å²) in [7, 11) is 0. The molecule has 0 saturated carbocycles. The molecule has 1 amide bonds. The third-order valence-electron chi connectivity index (χ3n) is 4.48. The molecule has 0 radical (unpaired) electrons. The van der Waals surface area contributed by atoms with E-state index in [4.69, 9.17) is 15.2 Å². The quantitative estimate of drug-likeness (QED) is 0.753. The van der Waals surface area contributed by atoms with Crippen molar-refractivity contribution in [2.24, 2.45) is 0 Å². The minimum atomic E-state index is -0.546. The van der Waals surface area contributed by atoms with Crippen molar-refractivity contribution in [1.29, 1.82) is 0 Å². The molecule has 0 spiro atoms. The summed E-state index contributed by atoms with van der Waals surface area (Å²) < 4.78 is 10.7. The van der Waals surface area contributed by atoms with E-state index in [1.165, 1.54) is 11.3 Å². The third kappa shape index (κ3) is 4.52. The highest BCUT2D eigenvalue weighted by molar-refractivity contribution is 7.17. The fourth-order valence-corrected chi connectivity index (χ4v) is 4.18. The van der Waals surface area contributed by atoms with Crippen molar-refractivity contribution in [3.63, 3.8) is 0 Å². The zero-order valence-electron chi connectivity index (χ0n) is 17.4. The predicted octanol–water partition coefficient (Wildman–Crippen LogP) is 2.90. The van der Waals surface area contributed by atoms with Gasteiger partial charge >= 0.3 is 12.1 Å². The first kappa shape index (κ1) is 21.1. The molecular weight excluding hydrogens is 394 g/mol. The number of hydrogen-bond acceptors (Lipinski definition) is 9. The van der Waals surface area contributed by atoms with Crippen LogP contribution >= 0.6 is 11.3 Å². The molecule has 1 aliphatic heterocycles. The van der Waals surface area contributed by atoms with Crippen molar-refractivity contribution in [2.45, 2.75) is 46.3 Å². The molecule has 3 heterocycles. The minimum absolute atomic E-state index is 0.0521. The second-order valence-corrected chi connectivity index (χ2v) is 8.78. The van der Waals surface area contributed by atoms with Crippen LogP contribution in [0.3, 0.4) is 0 Å². The van der Waals surface area contributed by atoms with Gasteiger partial charge in [-0.2, -0.15) is 4.98 Å². The summed E-state index contributed by atoms with van der Waals surface area (Å²) in [6, 6.07) is -0.0521. The lowest BCUT2D eigenvalue weighted by molar-refractivity contribution is 0.0218. The summed E-state index contributed by atoms with van der Waals surface area (Å²) in [6.45, 7) is 11.1. The number of esters is 1. The van der Waals surface area contributed by atoms with Crippen molar-refractivity contribution in [1.82, 2.24) is 14.9 Å². The largest absolute Gasteiger partial charge is 0.462 e. The highest BCUT2D eigenvalue weighted by Gasteiger charge is 2.32. The molecule has 1 unspecified atom stereocenters. The molecule has 2 aromatic rings. The Balaban J connectivity index is 1.90. The van der Waals surface area contributed by atoms with E-state index in [1.807, 2.05) is 27.7 Å². The molecule has 29 heavy (non-hydrogen) atoms. The van der Waals surface area contributed by atoms with Gasteiger partial charge in [0.2, 0.25) is 5.95 Å². The lowest BCUT2D eigenvalue weighted by Crippen LogP contribution is -2.55. The molecule has 3 rings (SSSR count). The van der Waals surface area contributed by atoms with Gasteiger partial charge in [-0.05, 0) is 34.6 Å². The molecule has 1 saturated heterocycles. The van der Waals surface area contributed by atoms with E-state index in [2.05, 4.69) is 14.9 Å². The zero-order chi connectivity index (χ0) is 21.3. The van der Waals surface area contributed by atoms with Crippen molar-refractivity contribution >= 4 is 45.4 Å². The lowest BCUT2D eigenvalue weighted by Gasteiger charge is -2.41. The molecule has 0 aromatic carbocycles. The Labute approximate surface area is 173 Å². The Bertz CT molecular complexity index is 923. The summed E-state index contributed by atoms with van der Waals surface area (Å²) in [6.07, 6.45) is -0.334. The number of nitrogen functional groups attached to an aromatic ring is 1. The fourth-order valence-electron chi connectivity index (χ4n) is 3.27. The van der Waals surface area contributed by atoms with Crippen molar-refractivity contribution < 1.29 is 19.1 Å². The van der Waals surface area contributed by atoms with Crippen LogP contribution in [0.4, 0.5) is 16.6 Å². The van der Waals surface area contributed by atoms with Crippen LogP contribution in [-0.2, 0) is 9.47 Å².